The van der Waals surface area contributed by atoms with E-state index < -0.39 is 0 Å². The van der Waals surface area contributed by atoms with Gasteiger partial charge in [0.2, 0.25) is 0 Å². The molecule has 9 heavy (non-hydrogen) atoms. The molecule has 0 atom stereocenters. The fourth-order valence-electron chi connectivity index (χ4n) is 0.684. The highest BCUT2D eigenvalue weighted by Crippen LogP contribution is 2.09. The molecule has 0 saturated heterocycles. The first kappa shape index (κ1) is 6.69. The summed E-state index contributed by atoms with van der Waals surface area (Å²) >= 11 is 5.50. The third-order valence-corrected chi connectivity index (χ3v) is 1.46. The van der Waals surface area contributed by atoms with Crippen LogP contribution in [0.2, 0.25) is 0 Å². The lowest BCUT2D eigenvalue weighted by Gasteiger charge is -1.85. The van der Waals surface area contributed by atoms with Gasteiger partial charge in [-0.1, -0.05) is 6.92 Å². The van der Waals surface area contributed by atoms with Gasteiger partial charge in [-0.05, 0) is 12.1 Å². The zero-order valence-electron chi connectivity index (χ0n) is 5.36. The third kappa shape index (κ3) is 1.49. The Morgan fingerprint density at radius 2 is 2.11 bits per heavy atom. The van der Waals surface area contributed by atoms with Gasteiger partial charge in [-0.25, -0.2) is 0 Å². The minimum Gasteiger partial charge on any atom is -0.465 e. The van der Waals surface area contributed by atoms with Crippen LogP contribution in [0.25, 0.3) is 0 Å². The van der Waals surface area contributed by atoms with E-state index in [9.17, 15) is 0 Å². The SMILES string of the molecule is CCc1ccc(CCl)o1. The van der Waals surface area contributed by atoms with Gasteiger partial charge < -0.3 is 4.42 Å². The summed E-state index contributed by atoms with van der Waals surface area (Å²) in [7, 11) is 0. The van der Waals surface area contributed by atoms with Crippen molar-refractivity contribution in [3.63, 3.8) is 0 Å². The molecule has 0 radical (unpaired) electrons. The molecule has 0 aliphatic heterocycles. The summed E-state index contributed by atoms with van der Waals surface area (Å²) < 4.78 is 5.25. The molecule has 1 heterocycles. The van der Waals surface area contributed by atoms with E-state index in [1.54, 1.807) is 0 Å². The monoisotopic (exact) mass is 144 g/mol. The Bertz CT molecular complexity index is 162. The molecule has 0 unspecified atom stereocenters. The Balaban J connectivity index is 2.74. The number of halogens is 1. The van der Waals surface area contributed by atoms with Gasteiger partial charge >= 0.3 is 0 Å². The Labute approximate surface area is 59.6 Å². The molecule has 0 N–H and O–H groups in total. The highest BCUT2D eigenvalue weighted by atomic mass is 35.5. The van der Waals surface area contributed by atoms with Crippen molar-refractivity contribution >= 4 is 11.6 Å². The molecule has 2 heteroatoms. The first-order valence-corrected chi connectivity index (χ1v) is 3.53. The van der Waals surface area contributed by atoms with Gasteiger partial charge in [-0.2, -0.15) is 0 Å². The normalized spacial score (nSPS) is 10.0. The highest BCUT2D eigenvalue weighted by Gasteiger charge is 1.95. The van der Waals surface area contributed by atoms with Crippen molar-refractivity contribution in [1.29, 1.82) is 0 Å². The van der Waals surface area contributed by atoms with Crippen LogP contribution in [-0.2, 0) is 12.3 Å². The number of hydrogen-bond acceptors (Lipinski definition) is 1. The number of aryl methyl sites for hydroxylation is 1. The van der Waals surface area contributed by atoms with Crippen LogP contribution in [0, 0.1) is 0 Å². The summed E-state index contributed by atoms with van der Waals surface area (Å²) in [5.74, 6) is 2.33. The number of hydrogen-bond donors (Lipinski definition) is 0. The first-order chi connectivity index (χ1) is 4.36. The van der Waals surface area contributed by atoms with E-state index in [-0.39, 0.29) is 0 Å². The Kier molecular flexibility index (Phi) is 2.17. The standard InChI is InChI=1S/C7H9ClO/c1-2-6-3-4-7(5-8)9-6/h3-4H,2,5H2,1H3. The van der Waals surface area contributed by atoms with Crippen molar-refractivity contribution in [3.8, 4) is 0 Å². The van der Waals surface area contributed by atoms with Crippen LogP contribution in [-0.4, -0.2) is 0 Å². The van der Waals surface area contributed by atoms with E-state index in [0.717, 1.165) is 17.9 Å². The van der Waals surface area contributed by atoms with Crippen LogP contribution in [0.15, 0.2) is 16.5 Å². The van der Waals surface area contributed by atoms with Gasteiger partial charge in [-0.3, -0.25) is 0 Å². The summed E-state index contributed by atoms with van der Waals surface area (Å²) in [6.45, 7) is 2.05. The fraction of sp³-hybridized carbons (Fsp3) is 0.429. The summed E-state index contributed by atoms with van der Waals surface area (Å²) in [6.07, 6.45) is 0.941. The molecule has 0 aromatic carbocycles. The van der Waals surface area contributed by atoms with Crippen molar-refractivity contribution in [1.82, 2.24) is 0 Å². The fourth-order valence-corrected chi connectivity index (χ4v) is 0.828. The van der Waals surface area contributed by atoms with Crippen molar-refractivity contribution in [3.05, 3.63) is 23.7 Å². The molecular weight excluding hydrogens is 136 g/mol. The van der Waals surface area contributed by atoms with E-state index in [0.29, 0.717) is 5.88 Å². The lowest BCUT2D eigenvalue weighted by Crippen LogP contribution is -1.70. The van der Waals surface area contributed by atoms with Crippen LogP contribution >= 0.6 is 11.6 Å². The Hall–Kier alpha value is -0.430. The molecule has 1 rings (SSSR count). The first-order valence-electron chi connectivity index (χ1n) is 3.00. The molecule has 0 aliphatic rings. The quantitative estimate of drug-likeness (QED) is 0.582. The molecule has 1 aromatic heterocycles. The van der Waals surface area contributed by atoms with E-state index in [1.807, 2.05) is 12.1 Å². The number of alkyl halides is 1. The van der Waals surface area contributed by atoms with Crippen LogP contribution < -0.4 is 0 Å². The Morgan fingerprint density at radius 3 is 2.44 bits per heavy atom. The summed E-state index contributed by atoms with van der Waals surface area (Å²) in [5.41, 5.74) is 0. The highest BCUT2D eigenvalue weighted by molar-refractivity contribution is 6.16. The van der Waals surface area contributed by atoms with Crippen LogP contribution in [0.1, 0.15) is 18.4 Å². The second-order valence-electron chi connectivity index (χ2n) is 1.86. The molecule has 1 aromatic rings. The molecule has 1 nitrogen and oxygen atoms in total. The van der Waals surface area contributed by atoms with Crippen molar-refractivity contribution < 1.29 is 4.42 Å². The van der Waals surface area contributed by atoms with Gasteiger partial charge in [0.15, 0.2) is 0 Å². The molecule has 0 amide bonds. The molecular formula is C7H9ClO. The minimum atomic E-state index is 0.472. The topological polar surface area (TPSA) is 13.1 Å². The maximum atomic E-state index is 5.50. The lowest BCUT2D eigenvalue weighted by atomic mass is 10.4. The number of furan rings is 1. The van der Waals surface area contributed by atoms with Crippen molar-refractivity contribution in [2.24, 2.45) is 0 Å². The van der Waals surface area contributed by atoms with Crippen LogP contribution in [0.4, 0.5) is 0 Å². The second kappa shape index (κ2) is 2.92. The van der Waals surface area contributed by atoms with Gasteiger partial charge in [0, 0.05) is 6.42 Å². The van der Waals surface area contributed by atoms with Crippen molar-refractivity contribution in [2.45, 2.75) is 19.2 Å². The summed E-state index contributed by atoms with van der Waals surface area (Å²) in [5, 5.41) is 0. The molecule has 0 fully saturated rings. The molecule has 0 bridgehead atoms. The predicted molar refractivity (Wildman–Crippen MR) is 37.6 cm³/mol. The van der Waals surface area contributed by atoms with Crippen LogP contribution in [0.3, 0.4) is 0 Å². The zero-order valence-corrected chi connectivity index (χ0v) is 6.11. The summed E-state index contributed by atoms with van der Waals surface area (Å²) in [4.78, 5) is 0. The van der Waals surface area contributed by atoms with E-state index in [1.165, 1.54) is 0 Å². The summed E-state index contributed by atoms with van der Waals surface area (Å²) in [6, 6.07) is 3.86. The maximum absolute atomic E-state index is 5.50. The predicted octanol–water partition coefficient (Wildman–Crippen LogP) is 2.58. The smallest absolute Gasteiger partial charge is 0.118 e. The average molecular weight is 145 g/mol. The lowest BCUT2D eigenvalue weighted by molar-refractivity contribution is 0.485. The molecule has 0 spiro atoms. The Morgan fingerprint density at radius 1 is 1.44 bits per heavy atom. The second-order valence-corrected chi connectivity index (χ2v) is 2.12. The number of rotatable bonds is 2. The molecule has 0 aliphatic carbocycles. The maximum Gasteiger partial charge on any atom is 0.118 e. The molecule has 0 saturated carbocycles. The van der Waals surface area contributed by atoms with Gasteiger partial charge in [0.25, 0.3) is 0 Å². The molecule has 50 valence electrons. The van der Waals surface area contributed by atoms with E-state index >= 15 is 0 Å². The van der Waals surface area contributed by atoms with Gasteiger partial charge in [-0.15, -0.1) is 11.6 Å². The largest absolute Gasteiger partial charge is 0.465 e. The minimum absolute atomic E-state index is 0.472. The van der Waals surface area contributed by atoms with Crippen molar-refractivity contribution in [2.75, 3.05) is 0 Å². The van der Waals surface area contributed by atoms with E-state index in [2.05, 4.69) is 6.92 Å². The zero-order chi connectivity index (χ0) is 6.69. The van der Waals surface area contributed by atoms with Gasteiger partial charge in [0.1, 0.15) is 11.5 Å². The third-order valence-electron chi connectivity index (χ3n) is 1.20. The average Bonchev–Trinajstić information content (AvgIpc) is 2.34. The van der Waals surface area contributed by atoms with Crippen LogP contribution in [0.5, 0.6) is 0 Å². The van der Waals surface area contributed by atoms with E-state index in [4.69, 9.17) is 16.0 Å². The van der Waals surface area contributed by atoms with Gasteiger partial charge in [0.05, 0.1) is 5.88 Å².